The summed E-state index contributed by atoms with van der Waals surface area (Å²) in [6, 6.07) is 0. The first-order valence-corrected chi connectivity index (χ1v) is 8.82. The topological polar surface area (TPSA) is 24.5 Å². The summed E-state index contributed by atoms with van der Waals surface area (Å²) in [5, 5.41) is 3.79. The third-order valence-electron chi connectivity index (χ3n) is 5.30. The molecule has 1 saturated carbocycles. The Morgan fingerprint density at radius 1 is 1.29 bits per heavy atom. The molecule has 0 aromatic heterocycles. The van der Waals surface area contributed by atoms with Crippen molar-refractivity contribution in [2.24, 2.45) is 11.3 Å². The zero-order valence-corrected chi connectivity index (χ0v) is 14.9. The van der Waals surface area contributed by atoms with Crippen LogP contribution in [0.4, 0.5) is 0 Å². The van der Waals surface area contributed by atoms with E-state index in [0.717, 1.165) is 19.0 Å². The van der Waals surface area contributed by atoms with Crippen molar-refractivity contribution in [2.45, 2.75) is 71.4 Å². The molecule has 0 radical (unpaired) electrons. The Labute approximate surface area is 131 Å². The molecule has 21 heavy (non-hydrogen) atoms. The van der Waals surface area contributed by atoms with Crippen molar-refractivity contribution in [3.63, 3.8) is 0 Å². The van der Waals surface area contributed by atoms with Gasteiger partial charge in [-0.1, -0.05) is 19.8 Å². The Morgan fingerprint density at radius 2 is 2.05 bits per heavy atom. The summed E-state index contributed by atoms with van der Waals surface area (Å²) in [6.07, 6.45) is 7.23. The zero-order valence-electron chi connectivity index (χ0n) is 14.9. The van der Waals surface area contributed by atoms with E-state index in [1.165, 1.54) is 45.2 Å². The average Bonchev–Trinajstić information content (AvgIpc) is 2.83. The van der Waals surface area contributed by atoms with Crippen LogP contribution >= 0.6 is 0 Å². The number of hydrogen-bond acceptors (Lipinski definition) is 3. The standard InChI is InChI=1S/C18H36N2O/c1-15-7-6-9-18(11-15,13-19-17(2,3)4)14-20-10-8-16(12-20)21-5/h15-16,19H,6-14H2,1-5H3. The van der Waals surface area contributed by atoms with Crippen molar-refractivity contribution in [3.8, 4) is 0 Å². The molecule has 2 fully saturated rings. The SMILES string of the molecule is COC1CCN(CC2(CNC(C)(C)C)CCCC(C)C2)C1. The molecule has 2 aliphatic rings. The van der Waals surface area contributed by atoms with Crippen LogP contribution in [0.2, 0.25) is 0 Å². The summed E-state index contributed by atoms with van der Waals surface area (Å²) >= 11 is 0. The predicted molar refractivity (Wildman–Crippen MR) is 89.7 cm³/mol. The fraction of sp³-hybridized carbons (Fsp3) is 1.00. The van der Waals surface area contributed by atoms with E-state index in [1.54, 1.807) is 0 Å². The molecule has 0 aromatic rings. The predicted octanol–water partition coefficient (Wildman–Crippen LogP) is 3.29. The first kappa shape index (κ1) is 17.2. The molecule has 1 aliphatic carbocycles. The van der Waals surface area contributed by atoms with Gasteiger partial charge in [0, 0.05) is 38.8 Å². The van der Waals surface area contributed by atoms with Crippen molar-refractivity contribution in [1.82, 2.24) is 10.2 Å². The average molecular weight is 296 g/mol. The van der Waals surface area contributed by atoms with Crippen LogP contribution in [0.15, 0.2) is 0 Å². The largest absolute Gasteiger partial charge is 0.380 e. The Hall–Kier alpha value is -0.120. The number of hydrogen-bond donors (Lipinski definition) is 1. The lowest BCUT2D eigenvalue weighted by Crippen LogP contribution is -2.50. The van der Waals surface area contributed by atoms with Gasteiger partial charge < -0.3 is 15.0 Å². The second kappa shape index (κ2) is 6.97. The Kier molecular flexibility index (Phi) is 5.72. The summed E-state index contributed by atoms with van der Waals surface area (Å²) < 4.78 is 5.54. The lowest BCUT2D eigenvalue weighted by Gasteiger charge is -2.44. The number of methoxy groups -OCH3 is 1. The van der Waals surface area contributed by atoms with Crippen molar-refractivity contribution < 1.29 is 4.74 Å². The van der Waals surface area contributed by atoms with Crippen LogP contribution in [-0.2, 0) is 4.74 Å². The van der Waals surface area contributed by atoms with E-state index in [9.17, 15) is 0 Å². The molecule has 0 amide bonds. The molecule has 0 aromatic carbocycles. The number of nitrogens with one attached hydrogen (secondary N) is 1. The number of rotatable bonds is 5. The maximum absolute atomic E-state index is 5.54. The van der Waals surface area contributed by atoms with E-state index in [0.29, 0.717) is 11.5 Å². The Morgan fingerprint density at radius 3 is 2.62 bits per heavy atom. The molecule has 3 heteroatoms. The Balaban J connectivity index is 1.98. The van der Waals surface area contributed by atoms with E-state index in [-0.39, 0.29) is 5.54 Å². The fourth-order valence-corrected chi connectivity index (χ4v) is 4.19. The van der Waals surface area contributed by atoms with Gasteiger partial charge in [0.15, 0.2) is 0 Å². The third kappa shape index (κ3) is 5.22. The van der Waals surface area contributed by atoms with Gasteiger partial charge in [-0.05, 0) is 51.4 Å². The second-order valence-corrected chi connectivity index (χ2v) is 8.69. The quantitative estimate of drug-likeness (QED) is 0.842. The molecule has 0 bridgehead atoms. The number of nitrogens with zero attached hydrogens (tertiary/aromatic N) is 1. The van der Waals surface area contributed by atoms with Crippen molar-refractivity contribution >= 4 is 0 Å². The minimum absolute atomic E-state index is 0.216. The molecule has 3 nitrogen and oxygen atoms in total. The minimum atomic E-state index is 0.216. The maximum atomic E-state index is 5.54. The lowest BCUT2D eigenvalue weighted by molar-refractivity contribution is 0.0672. The number of ether oxygens (including phenoxy) is 1. The van der Waals surface area contributed by atoms with Crippen molar-refractivity contribution in [3.05, 3.63) is 0 Å². The van der Waals surface area contributed by atoms with Gasteiger partial charge in [0.05, 0.1) is 6.10 Å². The van der Waals surface area contributed by atoms with Gasteiger partial charge in [-0.2, -0.15) is 0 Å². The minimum Gasteiger partial charge on any atom is -0.380 e. The smallest absolute Gasteiger partial charge is 0.0710 e. The summed E-state index contributed by atoms with van der Waals surface area (Å²) in [6.45, 7) is 14.0. The molecule has 1 saturated heterocycles. The first-order chi connectivity index (χ1) is 9.82. The monoisotopic (exact) mass is 296 g/mol. The van der Waals surface area contributed by atoms with Crippen LogP contribution in [0, 0.1) is 11.3 Å². The summed E-state index contributed by atoms with van der Waals surface area (Å²) in [7, 11) is 1.85. The van der Waals surface area contributed by atoms with E-state index in [1.807, 2.05) is 7.11 Å². The van der Waals surface area contributed by atoms with E-state index >= 15 is 0 Å². The highest BCUT2D eigenvalue weighted by Gasteiger charge is 2.38. The third-order valence-corrected chi connectivity index (χ3v) is 5.30. The lowest BCUT2D eigenvalue weighted by atomic mass is 9.69. The van der Waals surface area contributed by atoms with Gasteiger partial charge in [-0.15, -0.1) is 0 Å². The van der Waals surface area contributed by atoms with Crippen LogP contribution in [0.1, 0.15) is 59.8 Å². The van der Waals surface area contributed by atoms with Crippen LogP contribution in [0.5, 0.6) is 0 Å². The van der Waals surface area contributed by atoms with Gasteiger partial charge in [0.2, 0.25) is 0 Å². The van der Waals surface area contributed by atoms with Crippen LogP contribution in [0.25, 0.3) is 0 Å². The van der Waals surface area contributed by atoms with E-state index in [2.05, 4.69) is 37.9 Å². The van der Waals surface area contributed by atoms with Crippen molar-refractivity contribution in [2.75, 3.05) is 33.3 Å². The molecule has 1 N–H and O–H groups in total. The van der Waals surface area contributed by atoms with Gasteiger partial charge in [-0.25, -0.2) is 0 Å². The highest BCUT2D eigenvalue weighted by atomic mass is 16.5. The zero-order chi connectivity index (χ0) is 15.5. The summed E-state index contributed by atoms with van der Waals surface area (Å²) in [5.41, 5.74) is 0.682. The highest BCUT2D eigenvalue weighted by molar-refractivity contribution is 4.93. The van der Waals surface area contributed by atoms with Crippen LogP contribution in [-0.4, -0.2) is 49.8 Å². The van der Waals surface area contributed by atoms with Crippen LogP contribution in [0.3, 0.4) is 0 Å². The first-order valence-electron chi connectivity index (χ1n) is 8.82. The number of likely N-dealkylation sites (tertiary alicyclic amines) is 1. The maximum Gasteiger partial charge on any atom is 0.0710 e. The van der Waals surface area contributed by atoms with E-state index < -0.39 is 0 Å². The molecule has 124 valence electrons. The highest BCUT2D eigenvalue weighted by Crippen LogP contribution is 2.40. The van der Waals surface area contributed by atoms with Gasteiger partial charge in [0.1, 0.15) is 0 Å². The molecule has 1 heterocycles. The molecule has 3 atom stereocenters. The van der Waals surface area contributed by atoms with E-state index in [4.69, 9.17) is 4.74 Å². The summed E-state index contributed by atoms with van der Waals surface area (Å²) in [4.78, 5) is 2.65. The molecule has 0 spiro atoms. The molecule has 2 rings (SSSR count). The molecule has 3 unspecified atom stereocenters. The fourth-order valence-electron chi connectivity index (χ4n) is 4.19. The molecular formula is C18H36N2O. The van der Waals surface area contributed by atoms with Gasteiger partial charge in [-0.3, -0.25) is 0 Å². The molecule has 1 aliphatic heterocycles. The summed E-state index contributed by atoms with van der Waals surface area (Å²) in [5.74, 6) is 0.876. The van der Waals surface area contributed by atoms with Crippen molar-refractivity contribution in [1.29, 1.82) is 0 Å². The second-order valence-electron chi connectivity index (χ2n) is 8.69. The molecular weight excluding hydrogens is 260 g/mol. The van der Waals surface area contributed by atoms with Gasteiger partial charge >= 0.3 is 0 Å². The van der Waals surface area contributed by atoms with Gasteiger partial charge in [0.25, 0.3) is 0 Å². The normalized spacial score (nSPS) is 35.3. The van der Waals surface area contributed by atoms with Crippen LogP contribution < -0.4 is 5.32 Å². The Bertz CT molecular complexity index is 326.